The monoisotopic (exact) mass is 384 g/mol. The van der Waals surface area contributed by atoms with Gasteiger partial charge >= 0.3 is 0 Å². The van der Waals surface area contributed by atoms with E-state index in [4.69, 9.17) is 9.84 Å². The van der Waals surface area contributed by atoms with Crippen molar-refractivity contribution in [3.63, 3.8) is 0 Å². The van der Waals surface area contributed by atoms with E-state index in [1.165, 1.54) is 11.3 Å². The van der Waals surface area contributed by atoms with Crippen LogP contribution in [0.1, 0.15) is 50.1 Å². The van der Waals surface area contributed by atoms with Crippen LogP contribution in [0.4, 0.5) is 0 Å². The van der Waals surface area contributed by atoms with Crippen molar-refractivity contribution in [2.45, 2.75) is 39.0 Å². The van der Waals surface area contributed by atoms with Gasteiger partial charge in [-0.1, -0.05) is 60.1 Å². The largest absolute Gasteiger partial charge is 0.464 e. The number of benzene rings is 2. The fraction of sp³-hybridized carbons (Fsp3) is 0.350. The van der Waals surface area contributed by atoms with Crippen molar-refractivity contribution in [2.75, 3.05) is 0 Å². The Hall–Kier alpha value is -1.81. The Bertz CT molecular complexity index is 769. The number of nitrogens with zero attached hydrogens (tertiary/aromatic N) is 2. The molecule has 0 saturated heterocycles. The summed E-state index contributed by atoms with van der Waals surface area (Å²) in [6.07, 6.45) is 1.87. The summed E-state index contributed by atoms with van der Waals surface area (Å²) < 4.78 is 7.40. The van der Waals surface area contributed by atoms with Crippen molar-refractivity contribution < 1.29 is 4.74 Å². The fourth-order valence-electron chi connectivity index (χ4n) is 3.54. The van der Waals surface area contributed by atoms with Gasteiger partial charge in [-0.15, -0.1) is 0 Å². The maximum atomic E-state index is 6.33. The number of halogens is 1. The van der Waals surface area contributed by atoms with Gasteiger partial charge in [0.1, 0.15) is 5.75 Å². The Morgan fingerprint density at radius 2 is 1.92 bits per heavy atom. The van der Waals surface area contributed by atoms with Gasteiger partial charge in [0, 0.05) is 27.7 Å². The predicted molar refractivity (Wildman–Crippen MR) is 100 cm³/mol. The molecule has 3 nitrogen and oxygen atoms in total. The SMILES string of the molecule is CC(C)CC1=NN2[C@@H](C1)c1ccccc1O[C@H]2c1ccc(Br)cc1. The lowest BCUT2D eigenvalue weighted by molar-refractivity contribution is -0.0190. The van der Waals surface area contributed by atoms with Gasteiger partial charge in [-0.2, -0.15) is 5.10 Å². The number of ether oxygens (including phenoxy) is 1. The Morgan fingerprint density at radius 1 is 1.17 bits per heavy atom. The minimum atomic E-state index is -0.164. The van der Waals surface area contributed by atoms with Crippen molar-refractivity contribution in [1.29, 1.82) is 0 Å². The highest BCUT2D eigenvalue weighted by molar-refractivity contribution is 9.10. The van der Waals surface area contributed by atoms with E-state index in [2.05, 4.69) is 77.3 Å². The smallest absolute Gasteiger partial charge is 0.213 e. The molecule has 2 aliphatic heterocycles. The molecule has 0 saturated carbocycles. The number of hydrazone groups is 1. The zero-order chi connectivity index (χ0) is 16.7. The minimum absolute atomic E-state index is 0.164. The first kappa shape index (κ1) is 15.7. The molecule has 0 radical (unpaired) electrons. The molecule has 2 aromatic rings. The summed E-state index contributed by atoms with van der Waals surface area (Å²) >= 11 is 3.51. The number of fused-ring (bicyclic) bond motifs is 3. The Kier molecular flexibility index (Phi) is 4.09. The van der Waals surface area contributed by atoms with Crippen LogP contribution < -0.4 is 4.74 Å². The van der Waals surface area contributed by atoms with Crippen LogP contribution in [0.2, 0.25) is 0 Å². The van der Waals surface area contributed by atoms with Gasteiger partial charge in [0.2, 0.25) is 6.23 Å². The summed E-state index contributed by atoms with van der Waals surface area (Å²) in [4.78, 5) is 0. The molecule has 0 N–H and O–H groups in total. The van der Waals surface area contributed by atoms with Gasteiger partial charge in [0.05, 0.1) is 6.04 Å². The van der Waals surface area contributed by atoms with E-state index in [0.29, 0.717) is 5.92 Å². The molecule has 0 aromatic heterocycles. The fourth-order valence-corrected chi connectivity index (χ4v) is 3.80. The lowest BCUT2D eigenvalue weighted by Gasteiger charge is -2.38. The molecule has 2 heterocycles. The van der Waals surface area contributed by atoms with Gasteiger partial charge in [-0.3, -0.25) is 0 Å². The van der Waals surface area contributed by atoms with Crippen LogP contribution in [0.3, 0.4) is 0 Å². The maximum Gasteiger partial charge on any atom is 0.213 e. The lowest BCUT2D eigenvalue weighted by Crippen LogP contribution is -2.33. The molecule has 4 rings (SSSR count). The van der Waals surface area contributed by atoms with Crippen LogP contribution in [0.25, 0.3) is 0 Å². The third-order valence-corrected chi connectivity index (χ3v) is 5.09. The average molecular weight is 385 g/mol. The number of rotatable bonds is 3. The Labute approximate surface area is 151 Å². The topological polar surface area (TPSA) is 24.8 Å². The highest BCUT2D eigenvalue weighted by atomic mass is 79.9. The molecule has 0 bridgehead atoms. The number of hydrogen-bond acceptors (Lipinski definition) is 3. The summed E-state index contributed by atoms with van der Waals surface area (Å²) in [6, 6.07) is 17.0. The van der Waals surface area contributed by atoms with Gasteiger partial charge in [0.25, 0.3) is 0 Å². The lowest BCUT2D eigenvalue weighted by atomic mass is 9.95. The second kappa shape index (κ2) is 6.25. The maximum absolute atomic E-state index is 6.33. The van der Waals surface area contributed by atoms with Gasteiger partial charge in [-0.05, 0) is 30.5 Å². The summed E-state index contributed by atoms with van der Waals surface area (Å²) in [5.41, 5.74) is 3.65. The van der Waals surface area contributed by atoms with E-state index in [-0.39, 0.29) is 12.3 Å². The van der Waals surface area contributed by atoms with Crippen LogP contribution >= 0.6 is 15.9 Å². The molecule has 2 aromatic carbocycles. The second-order valence-electron chi connectivity index (χ2n) is 6.92. The van der Waals surface area contributed by atoms with Crippen LogP contribution in [0.15, 0.2) is 58.1 Å². The number of hydrogen-bond donors (Lipinski definition) is 0. The molecular formula is C20H21BrN2O. The molecule has 0 amide bonds. The summed E-state index contributed by atoms with van der Waals surface area (Å²) in [5.74, 6) is 1.60. The molecule has 24 heavy (non-hydrogen) atoms. The highest BCUT2D eigenvalue weighted by Gasteiger charge is 2.40. The standard InChI is InChI=1S/C20H21BrN2O/c1-13(2)11-16-12-18-17-5-3-4-6-19(17)24-20(23(18)22-16)14-7-9-15(21)10-8-14/h3-10,13,18,20H,11-12H2,1-2H3/t18-,20-/m0/s1. The molecule has 4 heteroatoms. The van der Waals surface area contributed by atoms with Gasteiger partial charge < -0.3 is 4.74 Å². The van der Waals surface area contributed by atoms with Gasteiger partial charge in [-0.25, -0.2) is 5.01 Å². The van der Waals surface area contributed by atoms with Crippen molar-refractivity contribution in [3.8, 4) is 5.75 Å². The minimum Gasteiger partial charge on any atom is -0.464 e. The van der Waals surface area contributed by atoms with E-state index in [1.54, 1.807) is 0 Å². The zero-order valence-corrected chi connectivity index (χ0v) is 15.5. The first-order chi connectivity index (χ1) is 11.6. The zero-order valence-electron chi connectivity index (χ0n) is 13.9. The van der Waals surface area contributed by atoms with E-state index in [9.17, 15) is 0 Å². The van der Waals surface area contributed by atoms with Crippen molar-refractivity contribution >= 4 is 21.6 Å². The normalized spacial score (nSPS) is 22.0. The van der Waals surface area contributed by atoms with Crippen molar-refractivity contribution in [3.05, 3.63) is 64.1 Å². The molecular weight excluding hydrogens is 364 g/mol. The predicted octanol–water partition coefficient (Wildman–Crippen LogP) is 5.69. The van der Waals surface area contributed by atoms with Crippen LogP contribution in [-0.2, 0) is 0 Å². The summed E-state index contributed by atoms with van der Waals surface area (Å²) in [6.45, 7) is 4.49. The number of para-hydroxylation sites is 1. The molecule has 0 fully saturated rings. The second-order valence-corrected chi connectivity index (χ2v) is 7.84. The van der Waals surface area contributed by atoms with Gasteiger partial charge in [0.15, 0.2) is 0 Å². The van der Waals surface area contributed by atoms with E-state index in [0.717, 1.165) is 28.6 Å². The third kappa shape index (κ3) is 2.84. The summed E-state index contributed by atoms with van der Waals surface area (Å²) in [5, 5.41) is 7.10. The average Bonchev–Trinajstić information content (AvgIpc) is 2.98. The highest BCUT2D eigenvalue weighted by Crippen LogP contribution is 2.47. The quantitative estimate of drug-likeness (QED) is 0.678. The van der Waals surface area contributed by atoms with Crippen molar-refractivity contribution in [2.24, 2.45) is 11.0 Å². The molecule has 0 unspecified atom stereocenters. The Morgan fingerprint density at radius 3 is 2.67 bits per heavy atom. The summed E-state index contributed by atoms with van der Waals surface area (Å²) in [7, 11) is 0. The first-order valence-corrected chi connectivity index (χ1v) is 9.27. The molecule has 2 aliphatic rings. The molecule has 124 valence electrons. The van der Waals surface area contributed by atoms with E-state index >= 15 is 0 Å². The molecule has 0 aliphatic carbocycles. The van der Waals surface area contributed by atoms with Crippen LogP contribution in [0.5, 0.6) is 5.75 Å². The van der Waals surface area contributed by atoms with E-state index < -0.39 is 0 Å². The molecule has 0 spiro atoms. The van der Waals surface area contributed by atoms with Crippen molar-refractivity contribution in [1.82, 2.24) is 5.01 Å². The third-order valence-electron chi connectivity index (χ3n) is 4.56. The van der Waals surface area contributed by atoms with Crippen LogP contribution in [-0.4, -0.2) is 10.7 Å². The first-order valence-electron chi connectivity index (χ1n) is 8.47. The Balaban J connectivity index is 1.74. The van der Waals surface area contributed by atoms with Crippen LogP contribution in [0, 0.1) is 5.92 Å². The van der Waals surface area contributed by atoms with E-state index in [1.807, 2.05) is 6.07 Å². The molecule has 2 atom stereocenters.